The summed E-state index contributed by atoms with van der Waals surface area (Å²) in [4.78, 5) is 37.2. The molecule has 6 heteroatoms. The van der Waals surface area contributed by atoms with Crippen molar-refractivity contribution in [2.75, 3.05) is 13.2 Å². The third-order valence-electron chi connectivity index (χ3n) is 4.21. The van der Waals surface area contributed by atoms with Crippen LogP contribution in [-0.2, 0) is 0 Å². The number of carbonyl (C=O) groups is 3. The molecule has 0 aromatic heterocycles. The topological polar surface area (TPSA) is 83.9 Å². The highest BCUT2D eigenvalue weighted by Gasteiger charge is 2.36. The van der Waals surface area contributed by atoms with E-state index < -0.39 is 17.9 Å². The maximum Gasteiger partial charge on any atom is 0.261 e. The minimum absolute atomic E-state index is 0.0437. The monoisotopic (exact) mass is 353 g/mol. The number of Topliss-reactive ketones (excluding diaryl/α,β-unsaturated/α-hetero) is 1. The van der Waals surface area contributed by atoms with Gasteiger partial charge in [-0.3, -0.25) is 19.3 Å². The molecule has 0 spiro atoms. The van der Waals surface area contributed by atoms with Crippen LogP contribution in [0.2, 0.25) is 0 Å². The Morgan fingerprint density at radius 2 is 1.62 bits per heavy atom. The number of nitrogens with zero attached hydrogens (tertiary/aromatic N) is 1. The average Bonchev–Trinajstić information content (AvgIpc) is 2.91. The van der Waals surface area contributed by atoms with E-state index >= 15 is 0 Å². The zero-order valence-electron chi connectivity index (χ0n) is 14.3. The molecule has 26 heavy (non-hydrogen) atoms. The number of β-amino-alcohol motifs (C(OH)–C–C–N with tert-alkyl or cyclic N) is 1. The lowest BCUT2D eigenvalue weighted by molar-refractivity contribution is 0.0457. The second-order valence-electron chi connectivity index (χ2n) is 6.03. The summed E-state index contributed by atoms with van der Waals surface area (Å²) in [5.41, 5.74) is 1.30. The van der Waals surface area contributed by atoms with Crippen LogP contribution in [0, 0.1) is 0 Å². The Bertz CT molecular complexity index is 809. The molecule has 0 radical (unpaired) electrons. The molecule has 1 N–H and O–H groups in total. The second-order valence-corrected chi connectivity index (χ2v) is 6.03. The van der Waals surface area contributed by atoms with Crippen molar-refractivity contribution in [1.29, 1.82) is 0 Å². The quantitative estimate of drug-likeness (QED) is 0.610. The highest BCUT2D eigenvalue weighted by atomic mass is 16.5. The van der Waals surface area contributed by atoms with Crippen LogP contribution >= 0.6 is 0 Å². The first-order valence-electron chi connectivity index (χ1n) is 8.40. The smallest absolute Gasteiger partial charge is 0.261 e. The van der Waals surface area contributed by atoms with Crippen LogP contribution in [0.1, 0.15) is 44.4 Å². The van der Waals surface area contributed by atoms with Gasteiger partial charge in [0.2, 0.25) is 0 Å². The molecule has 1 atom stereocenters. The van der Waals surface area contributed by atoms with E-state index in [9.17, 15) is 19.5 Å². The predicted molar refractivity (Wildman–Crippen MR) is 94.4 cm³/mol. The Balaban J connectivity index is 1.57. The fourth-order valence-corrected chi connectivity index (χ4v) is 2.80. The van der Waals surface area contributed by atoms with Crippen molar-refractivity contribution in [2.45, 2.75) is 19.4 Å². The minimum atomic E-state index is -1.02. The van der Waals surface area contributed by atoms with E-state index in [0.29, 0.717) is 28.9 Å². The zero-order valence-corrected chi connectivity index (χ0v) is 14.3. The SMILES string of the molecule is CCC(=O)c1ccc(OC[C@H](O)CN2C(=O)c3ccccc3C2=O)cc1. The van der Waals surface area contributed by atoms with Gasteiger partial charge in [-0.1, -0.05) is 19.1 Å². The number of carbonyl (C=O) groups excluding carboxylic acids is 3. The summed E-state index contributed by atoms with van der Waals surface area (Å²) < 4.78 is 5.48. The van der Waals surface area contributed by atoms with E-state index in [-0.39, 0.29) is 18.9 Å². The van der Waals surface area contributed by atoms with Crippen LogP contribution in [0.4, 0.5) is 0 Å². The zero-order chi connectivity index (χ0) is 18.7. The van der Waals surface area contributed by atoms with E-state index in [0.717, 1.165) is 4.90 Å². The second kappa shape index (κ2) is 7.49. The molecule has 2 aromatic carbocycles. The van der Waals surface area contributed by atoms with Crippen molar-refractivity contribution in [2.24, 2.45) is 0 Å². The number of aliphatic hydroxyl groups excluding tert-OH is 1. The fourth-order valence-electron chi connectivity index (χ4n) is 2.80. The lowest BCUT2D eigenvalue weighted by atomic mass is 10.1. The molecular weight excluding hydrogens is 334 g/mol. The summed E-state index contributed by atoms with van der Waals surface area (Å²) in [6, 6.07) is 13.2. The molecule has 1 heterocycles. The van der Waals surface area contributed by atoms with Gasteiger partial charge < -0.3 is 9.84 Å². The number of imide groups is 1. The number of rotatable bonds is 7. The molecule has 0 fully saturated rings. The first-order valence-corrected chi connectivity index (χ1v) is 8.40. The van der Waals surface area contributed by atoms with Gasteiger partial charge >= 0.3 is 0 Å². The van der Waals surface area contributed by atoms with Crippen LogP contribution in [0.15, 0.2) is 48.5 Å². The predicted octanol–water partition coefficient (Wildman–Crippen LogP) is 2.32. The van der Waals surface area contributed by atoms with E-state index in [2.05, 4.69) is 0 Å². The van der Waals surface area contributed by atoms with Gasteiger partial charge in [-0.25, -0.2) is 0 Å². The molecule has 1 aliphatic rings. The fraction of sp³-hybridized carbons (Fsp3) is 0.250. The Morgan fingerprint density at radius 3 is 2.15 bits per heavy atom. The molecule has 0 unspecified atom stereocenters. The standard InChI is InChI=1S/C20H19NO5/c1-2-18(23)13-7-9-15(10-8-13)26-12-14(22)11-21-19(24)16-5-3-4-6-17(16)20(21)25/h3-10,14,22H,2,11-12H2,1H3/t14-/m1/s1. The molecule has 0 saturated heterocycles. The van der Waals surface area contributed by atoms with Crippen molar-refractivity contribution < 1.29 is 24.2 Å². The number of ether oxygens (including phenoxy) is 1. The Hall–Kier alpha value is -2.99. The van der Waals surface area contributed by atoms with Gasteiger partial charge in [-0.15, -0.1) is 0 Å². The molecule has 134 valence electrons. The van der Waals surface area contributed by atoms with Crippen LogP contribution in [0.3, 0.4) is 0 Å². The van der Waals surface area contributed by atoms with E-state index in [1.54, 1.807) is 55.5 Å². The van der Waals surface area contributed by atoms with Crippen molar-refractivity contribution in [3.8, 4) is 5.75 Å². The maximum absolute atomic E-state index is 12.3. The highest BCUT2D eigenvalue weighted by Crippen LogP contribution is 2.22. The average molecular weight is 353 g/mol. The third kappa shape index (κ3) is 3.50. The number of ketones is 1. The number of hydrogen-bond donors (Lipinski definition) is 1. The highest BCUT2D eigenvalue weighted by molar-refractivity contribution is 6.21. The summed E-state index contributed by atoms with van der Waals surface area (Å²) in [5.74, 6) is -0.277. The van der Waals surface area contributed by atoms with Gasteiger partial charge in [0, 0.05) is 12.0 Å². The molecule has 0 bridgehead atoms. The normalized spacial score (nSPS) is 14.3. The minimum Gasteiger partial charge on any atom is -0.491 e. The van der Waals surface area contributed by atoms with E-state index in [4.69, 9.17) is 4.74 Å². The van der Waals surface area contributed by atoms with Crippen LogP contribution in [0.25, 0.3) is 0 Å². The Kier molecular flexibility index (Phi) is 5.14. The van der Waals surface area contributed by atoms with Crippen molar-refractivity contribution in [3.63, 3.8) is 0 Å². The number of amides is 2. The van der Waals surface area contributed by atoms with Crippen molar-refractivity contribution in [3.05, 3.63) is 65.2 Å². The largest absolute Gasteiger partial charge is 0.491 e. The summed E-state index contributed by atoms with van der Waals surface area (Å²) in [5, 5.41) is 10.1. The van der Waals surface area contributed by atoms with E-state index in [1.165, 1.54) is 0 Å². The molecule has 0 aliphatic carbocycles. The van der Waals surface area contributed by atoms with Crippen LogP contribution in [-0.4, -0.2) is 46.9 Å². The van der Waals surface area contributed by atoms with Gasteiger partial charge in [0.05, 0.1) is 17.7 Å². The summed E-state index contributed by atoms with van der Waals surface area (Å²) in [6.07, 6.45) is -0.590. The first kappa shape index (κ1) is 17.8. The van der Waals surface area contributed by atoms with Crippen molar-refractivity contribution in [1.82, 2.24) is 4.90 Å². The summed E-state index contributed by atoms with van der Waals surface area (Å²) in [7, 11) is 0. The molecule has 6 nitrogen and oxygen atoms in total. The lowest BCUT2D eigenvalue weighted by Crippen LogP contribution is -2.39. The number of hydrogen-bond acceptors (Lipinski definition) is 5. The molecule has 1 aliphatic heterocycles. The number of aliphatic hydroxyl groups is 1. The lowest BCUT2D eigenvalue weighted by Gasteiger charge is -2.19. The van der Waals surface area contributed by atoms with Gasteiger partial charge in [0.25, 0.3) is 11.8 Å². The van der Waals surface area contributed by atoms with Gasteiger partial charge in [-0.2, -0.15) is 0 Å². The van der Waals surface area contributed by atoms with Crippen LogP contribution in [0.5, 0.6) is 5.75 Å². The molecule has 2 amide bonds. The maximum atomic E-state index is 12.3. The number of fused-ring (bicyclic) bond motifs is 1. The van der Waals surface area contributed by atoms with Gasteiger partial charge in [0.15, 0.2) is 5.78 Å². The Labute approximate surface area is 151 Å². The molecular formula is C20H19NO5. The van der Waals surface area contributed by atoms with Gasteiger partial charge in [-0.05, 0) is 36.4 Å². The Morgan fingerprint density at radius 1 is 1.04 bits per heavy atom. The summed E-state index contributed by atoms with van der Waals surface area (Å²) >= 11 is 0. The van der Waals surface area contributed by atoms with Gasteiger partial charge in [0.1, 0.15) is 18.5 Å². The number of benzene rings is 2. The molecule has 2 aromatic rings. The third-order valence-corrected chi connectivity index (χ3v) is 4.21. The van der Waals surface area contributed by atoms with E-state index in [1.807, 2.05) is 0 Å². The first-order chi connectivity index (χ1) is 12.5. The molecule has 3 rings (SSSR count). The molecule has 0 saturated carbocycles. The van der Waals surface area contributed by atoms with Crippen LogP contribution < -0.4 is 4.74 Å². The summed E-state index contributed by atoms with van der Waals surface area (Å²) in [6.45, 7) is 1.58. The van der Waals surface area contributed by atoms with Crippen molar-refractivity contribution >= 4 is 17.6 Å².